The first-order valence-corrected chi connectivity index (χ1v) is 6.99. The number of allylic oxidation sites excluding steroid dienone is 2. The van der Waals surface area contributed by atoms with Crippen molar-refractivity contribution < 1.29 is 9.59 Å². The first-order chi connectivity index (χ1) is 8.74. The van der Waals surface area contributed by atoms with Crippen LogP contribution in [0, 0.1) is 5.92 Å². The Hall–Kier alpha value is -1.32. The molecule has 1 saturated heterocycles. The van der Waals surface area contributed by atoms with Crippen LogP contribution in [0.15, 0.2) is 12.2 Å². The fraction of sp³-hybridized carbons (Fsp3) is 0.714. The van der Waals surface area contributed by atoms with Gasteiger partial charge >= 0.3 is 0 Å². The van der Waals surface area contributed by atoms with Gasteiger partial charge in [0, 0.05) is 24.9 Å². The summed E-state index contributed by atoms with van der Waals surface area (Å²) in [6.07, 6.45) is 9.77. The van der Waals surface area contributed by atoms with E-state index < -0.39 is 0 Å². The molecular formula is C14H20N2O2. The first-order valence-electron chi connectivity index (χ1n) is 6.99. The molecule has 0 aromatic rings. The Kier molecular flexibility index (Phi) is 3.10. The predicted octanol–water partition coefficient (Wildman–Crippen LogP) is 1.22. The highest BCUT2D eigenvalue weighted by molar-refractivity contribution is 5.83. The van der Waals surface area contributed by atoms with Gasteiger partial charge in [-0.3, -0.25) is 9.59 Å². The quantitative estimate of drug-likeness (QED) is 0.763. The van der Waals surface area contributed by atoms with Gasteiger partial charge in [0.1, 0.15) is 0 Å². The molecule has 1 aliphatic heterocycles. The van der Waals surface area contributed by atoms with Crippen LogP contribution in [-0.2, 0) is 9.59 Å². The van der Waals surface area contributed by atoms with Gasteiger partial charge in [0.15, 0.2) is 0 Å². The second-order valence-electron chi connectivity index (χ2n) is 5.67. The zero-order chi connectivity index (χ0) is 12.5. The molecule has 0 aromatic carbocycles. The second kappa shape index (κ2) is 4.75. The summed E-state index contributed by atoms with van der Waals surface area (Å²) < 4.78 is 0. The fourth-order valence-electron chi connectivity index (χ4n) is 2.92. The minimum absolute atomic E-state index is 0.0384. The summed E-state index contributed by atoms with van der Waals surface area (Å²) in [7, 11) is 0. The molecule has 18 heavy (non-hydrogen) atoms. The zero-order valence-electron chi connectivity index (χ0n) is 10.6. The van der Waals surface area contributed by atoms with Crippen molar-refractivity contribution in [3.63, 3.8) is 0 Å². The maximum Gasteiger partial charge on any atom is 0.225 e. The van der Waals surface area contributed by atoms with E-state index in [2.05, 4.69) is 17.5 Å². The molecule has 0 bridgehead atoms. The van der Waals surface area contributed by atoms with Gasteiger partial charge in [-0.2, -0.15) is 0 Å². The van der Waals surface area contributed by atoms with Crippen molar-refractivity contribution in [2.24, 2.45) is 5.92 Å². The molecule has 2 fully saturated rings. The smallest absolute Gasteiger partial charge is 0.225 e. The number of nitrogens with zero attached hydrogens (tertiary/aromatic N) is 1. The predicted molar refractivity (Wildman–Crippen MR) is 67.8 cm³/mol. The summed E-state index contributed by atoms with van der Waals surface area (Å²) in [5, 5.41) is 3.06. The zero-order valence-corrected chi connectivity index (χ0v) is 10.6. The molecule has 0 aromatic heterocycles. The van der Waals surface area contributed by atoms with Crippen molar-refractivity contribution >= 4 is 11.8 Å². The highest BCUT2D eigenvalue weighted by atomic mass is 16.2. The monoisotopic (exact) mass is 248 g/mol. The number of carbonyl (C=O) groups excluding carboxylic acids is 2. The summed E-state index contributed by atoms with van der Waals surface area (Å²) in [5.74, 6) is 0.459. The SMILES string of the molecule is O=C(NC1CC(=O)N(C2CC2)C1)C1CC=CCC1. The number of rotatable bonds is 3. The molecule has 2 aliphatic carbocycles. The van der Waals surface area contributed by atoms with Crippen molar-refractivity contribution in [2.75, 3.05) is 6.54 Å². The van der Waals surface area contributed by atoms with Gasteiger partial charge < -0.3 is 10.2 Å². The molecule has 2 amide bonds. The van der Waals surface area contributed by atoms with E-state index in [9.17, 15) is 9.59 Å². The van der Waals surface area contributed by atoms with E-state index >= 15 is 0 Å². The van der Waals surface area contributed by atoms with Crippen molar-refractivity contribution in [3.05, 3.63) is 12.2 Å². The van der Waals surface area contributed by atoms with Crippen LogP contribution in [0.3, 0.4) is 0 Å². The maximum atomic E-state index is 12.1. The van der Waals surface area contributed by atoms with Crippen LogP contribution in [-0.4, -0.2) is 35.3 Å². The summed E-state index contributed by atoms with van der Waals surface area (Å²) >= 11 is 0. The Morgan fingerprint density at radius 2 is 2.11 bits per heavy atom. The van der Waals surface area contributed by atoms with E-state index in [4.69, 9.17) is 0 Å². The molecule has 1 heterocycles. The lowest BCUT2D eigenvalue weighted by atomic mass is 9.93. The largest absolute Gasteiger partial charge is 0.351 e. The van der Waals surface area contributed by atoms with Gasteiger partial charge in [0.2, 0.25) is 11.8 Å². The van der Waals surface area contributed by atoms with Gasteiger partial charge in [0.05, 0.1) is 6.04 Å². The van der Waals surface area contributed by atoms with E-state index in [1.165, 1.54) is 0 Å². The highest BCUT2D eigenvalue weighted by Gasteiger charge is 2.40. The normalized spacial score (nSPS) is 31.8. The number of carbonyl (C=O) groups is 2. The van der Waals surface area contributed by atoms with E-state index in [0.717, 1.165) is 38.6 Å². The molecule has 4 nitrogen and oxygen atoms in total. The van der Waals surface area contributed by atoms with Crippen LogP contribution >= 0.6 is 0 Å². The molecule has 0 spiro atoms. The summed E-state index contributed by atoms with van der Waals surface area (Å²) in [4.78, 5) is 25.8. The molecule has 4 heteroatoms. The lowest BCUT2D eigenvalue weighted by Gasteiger charge is -2.20. The Morgan fingerprint density at radius 1 is 1.28 bits per heavy atom. The Labute approximate surface area is 107 Å². The minimum atomic E-state index is 0.0384. The molecule has 3 aliphatic rings. The average Bonchev–Trinajstić information content (AvgIpc) is 3.15. The van der Waals surface area contributed by atoms with Crippen LogP contribution in [0.5, 0.6) is 0 Å². The second-order valence-corrected chi connectivity index (χ2v) is 5.67. The molecule has 1 N–H and O–H groups in total. The number of amides is 2. The topological polar surface area (TPSA) is 49.4 Å². The molecule has 2 atom stereocenters. The molecule has 0 radical (unpaired) electrons. The van der Waals surface area contributed by atoms with Crippen molar-refractivity contribution in [3.8, 4) is 0 Å². The van der Waals surface area contributed by atoms with Crippen LogP contribution in [0.4, 0.5) is 0 Å². The standard InChI is InChI=1S/C14H20N2O2/c17-13-8-11(9-16(13)12-6-7-12)15-14(18)10-4-2-1-3-5-10/h1-2,10-12H,3-9H2,(H,15,18). The Bertz CT molecular complexity index is 387. The molecule has 2 unspecified atom stereocenters. The summed E-state index contributed by atoms with van der Waals surface area (Å²) in [6.45, 7) is 0.720. The fourth-order valence-corrected chi connectivity index (χ4v) is 2.92. The van der Waals surface area contributed by atoms with Crippen LogP contribution in [0.1, 0.15) is 38.5 Å². The molecule has 1 saturated carbocycles. The van der Waals surface area contributed by atoms with Gasteiger partial charge in [-0.05, 0) is 32.1 Å². The van der Waals surface area contributed by atoms with E-state index in [1.807, 2.05) is 4.90 Å². The molecule has 3 rings (SSSR count). The third kappa shape index (κ3) is 2.42. The van der Waals surface area contributed by atoms with E-state index in [-0.39, 0.29) is 23.8 Å². The summed E-state index contributed by atoms with van der Waals surface area (Å²) in [5.41, 5.74) is 0. The average molecular weight is 248 g/mol. The van der Waals surface area contributed by atoms with Gasteiger partial charge in [0.25, 0.3) is 0 Å². The first kappa shape index (κ1) is 11.8. The maximum absolute atomic E-state index is 12.1. The number of hydrogen-bond donors (Lipinski definition) is 1. The lowest BCUT2D eigenvalue weighted by Crippen LogP contribution is -2.41. The van der Waals surface area contributed by atoms with Crippen molar-refractivity contribution in [2.45, 2.75) is 50.6 Å². The Morgan fingerprint density at radius 3 is 2.78 bits per heavy atom. The number of nitrogens with one attached hydrogen (secondary N) is 1. The summed E-state index contributed by atoms with van der Waals surface area (Å²) in [6, 6.07) is 0.508. The van der Waals surface area contributed by atoms with E-state index in [1.54, 1.807) is 0 Å². The van der Waals surface area contributed by atoms with E-state index in [0.29, 0.717) is 12.5 Å². The third-order valence-electron chi connectivity index (χ3n) is 4.13. The van der Waals surface area contributed by atoms with Crippen LogP contribution in [0.2, 0.25) is 0 Å². The third-order valence-corrected chi connectivity index (χ3v) is 4.13. The molecule has 98 valence electrons. The minimum Gasteiger partial charge on any atom is -0.351 e. The number of hydrogen-bond acceptors (Lipinski definition) is 2. The van der Waals surface area contributed by atoms with Crippen molar-refractivity contribution in [1.82, 2.24) is 10.2 Å². The molecular weight excluding hydrogens is 228 g/mol. The number of likely N-dealkylation sites (tertiary alicyclic amines) is 1. The van der Waals surface area contributed by atoms with Gasteiger partial charge in [-0.25, -0.2) is 0 Å². The van der Waals surface area contributed by atoms with Gasteiger partial charge in [-0.1, -0.05) is 12.2 Å². The van der Waals surface area contributed by atoms with Gasteiger partial charge in [-0.15, -0.1) is 0 Å². The van der Waals surface area contributed by atoms with Crippen molar-refractivity contribution in [1.29, 1.82) is 0 Å². The highest BCUT2D eigenvalue weighted by Crippen LogP contribution is 2.30. The Balaban J connectivity index is 1.52. The lowest BCUT2D eigenvalue weighted by molar-refractivity contribution is -0.128. The van der Waals surface area contributed by atoms with Crippen LogP contribution < -0.4 is 5.32 Å². The van der Waals surface area contributed by atoms with Crippen LogP contribution in [0.25, 0.3) is 0 Å².